The topological polar surface area (TPSA) is 50.2 Å². The largest absolute Gasteiger partial charge is 0.388 e. The summed E-state index contributed by atoms with van der Waals surface area (Å²) in [5, 5.41) is 9.40. The molecule has 1 aromatic rings. The first-order valence-electron chi connectivity index (χ1n) is 2.83. The predicted molar refractivity (Wildman–Crippen MR) is 38.1 cm³/mol. The molecule has 0 bridgehead atoms. The molecule has 1 heterocycles. The fraction of sp³-hybridized carbons (Fsp3) is 0.333. The Kier molecular flexibility index (Phi) is 2.13. The molecule has 0 aliphatic carbocycles. The van der Waals surface area contributed by atoms with Gasteiger partial charge in [0.05, 0.1) is 11.0 Å². The first-order valence-corrected chi connectivity index (χ1v) is 3.64. The summed E-state index contributed by atoms with van der Waals surface area (Å²) in [5.74, 6) is 0. The van der Waals surface area contributed by atoms with Gasteiger partial charge in [0.15, 0.2) is 11.3 Å². The Balaban J connectivity index is 2.88. The average Bonchev–Trinajstić information content (AvgIpc) is 2.34. The summed E-state index contributed by atoms with van der Waals surface area (Å²) in [6, 6.07) is 0. The van der Waals surface area contributed by atoms with E-state index in [4.69, 9.17) is 5.11 Å². The Morgan fingerprint density at radius 2 is 2.60 bits per heavy atom. The van der Waals surface area contributed by atoms with Crippen molar-refractivity contribution >= 4 is 17.6 Å². The van der Waals surface area contributed by atoms with Gasteiger partial charge in [-0.15, -0.1) is 11.3 Å². The molecule has 0 amide bonds. The van der Waals surface area contributed by atoms with Gasteiger partial charge in [-0.2, -0.15) is 0 Å². The molecule has 0 saturated heterocycles. The molecular weight excluding hydrogens is 150 g/mol. The van der Waals surface area contributed by atoms with E-state index in [9.17, 15) is 4.79 Å². The highest BCUT2D eigenvalue weighted by Gasteiger charge is 2.04. The molecule has 1 atom stereocenters. The molecule has 3 nitrogen and oxygen atoms in total. The van der Waals surface area contributed by atoms with Crippen LogP contribution in [0.3, 0.4) is 0 Å². The minimum atomic E-state index is -0.522. The SMILES string of the molecule is C[C@@H](O)c1cnc(C=O)s1. The van der Waals surface area contributed by atoms with Crippen LogP contribution in [0, 0.1) is 0 Å². The Hall–Kier alpha value is -0.740. The third-order valence-corrected chi connectivity index (χ3v) is 2.15. The van der Waals surface area contributed by atoms with E-state index in [0.29, 0.717) is 11.3 Å². The van der Waals surface area contributed by atoms with Crippen LogP contribution in [-0.4, -0.2) is 16.4 Å². The molecule has 0 unspecified atom stereocenters. The van der Waals surface area contributed by atoms with E-state index in [1.54, 1.807) is 6.92 Å². The van der Waals surface area contributed by atoms with Crippen molar-refractivity contribution in [2.45, 2.75) is 13.0 Å². The maximum Gasteiger partial charge on any atom is 0.178 e. The van der Waals surface area contributed by atoms with Crippen LogP contribution < -0.4 is 0 Å². The van der Waals surface area contributed by atoms with Gasteiger partial charge in [-0.3, -0.25) is 4.79 Å². The Morgan fingerprint density at radius 1 is 1.90 bits per heavy atom. The van der Waals surface area contributed by atoms with Gasteiger partial charge in [0, 0.05) is 6.20 Å². The van der Waals surface area contributed by atoms with Crippen molar-refractivity contribution < 1.29 is 9.90 Å². The van der Waals surface area contributed by atoms with Crippen LogP contribution in [0.5, 0.6) is 0 Å². The fourth-order valence-corrected chi connectivity index (χ4v) is 1.22. The van der Waals surface area contributed by atoms with Gasteiger partial charge in [-0.05, 0) is 6.92 Å². The van der Waals surface area contributed by atoms with E-state index in [1.807, 2.05) is 0 Å². The Labute approximate surface area is 62.3 Å². The van der Waals surface area contributed by atoms with Crippen molar-refractivity contribution in [3.8, 4) is 0 Å². The van der Waals surface area contributed by atoms with Gasteiger partial charge in [0.25, 0.3) is 0 Å². The van der Waals surface area contributed by atoms with E-state index < -0.39 is 6.10 Å². The van der Waals surface area contributed by atoms with Gasteiger partial charge < -0.3 is 5.11 Å². The molecular formula is C6H7NO2S. The quantitative estimate of drug-likeness (QED) is 0.652. The zero-order valence-electron chi connectivity index (χ0n) is 5.44. The summed E-state index contributed by atoms with van der Waals surface area (Å²) >= 11 is 1.21. The Bertz CT molecular complexity index is 231. The number of aromatic nitrogens is 1. The standard InChI is InChI=1S/C6H7NO2S/c1-4(9)5-2-7-6(3-8)10-5/h2-4,9H,1H3/t4-/m1/s1. The lowest BCUT2D eigenvalue weighted by atomic mass is 10.4. The molecule has 0 fully saturated rings. The van der Waals surface area contributed by atoms with Crippen molar-refractivity contribution in [2.24, 2.45) is 0 Å². The summed E-state index contributed by atoms with van der Waals surface area (Å²) in [6.45, 7) is 1.64. The molecule has 0 aliphatic rings. The summed E-state index contributed by atoms with van der Waals surface area (Å²) in [7, 11) is 0. The number of nitrogens with zero attached hydrogens (tertiary/aromatic N) is 1. The second kappa shape index (κ2) is 2.90. The molecule has 0 saturated carbocycles. The molecule has 1 rings (SSSR count). The smallest absolute Gasteiger partial charge is 0.178 e. The minimum Gasteiger partial charge on any atom is -0.388 e. The summed E-state index contributed by atoms with van der Waals surface area (Å²) in [6.07, 6.45) is 1.67. The van der Waals surface area contributed by atoms with E-state index in [1.165, 1.54) is 17.5 Å². The summed E-state index contributed by atoms with van der Waals surface area (Å²) < 4.78 is 0. The van der Waals surface area contributed by atoms with Crippen molar-refractivity contribution in [3.05, 3.63) is 16.1 Å². The molecule has 0 spiro atoms. The highest BCUT2D eigenvalue weighted by Crippen LogP contribution is 2.18. The van der Waals surface area contributed by atoms with Gasteiger partial charge >= 0.3 is 0 Å². The van der Waals surface area contributed by atoms with E-state index in [-0.39, 0.29) is 0 Å². The van der Waals surface area contributed by atoms with Crippen LogP contribution in [0.1, 0.15) is 27.7 Å². The first kappa shape index (κ1) is 7.37. The predicted octanol–water partition coefficient (Wildman–Crippen LogP) is 1.01. The maximum absolute atomic E-state index is 10.1. The van der Waals surface area contributed by atoms with Crippen molar-refractivity contribution in [3.63, 3.8) is 0 Å². The number of aliphatic hydroxyl groups is 1. The van der Waals surface area contributed by atoms with Crippen LogP contribution >= 0.6 is 11.3 Å². The number of aldehydes is 1. The van der Waals surface area contributed by atoms with Crippen LogP contribution in [0.15, 0.2) is 6.20 Å². The van der Waals surface area contributed by atoms with Crippen molar-refractivity contribution in [1.82, 2.24) is 4.98 Å². The molecule has 1 aromatic heterocycles. The number of aliphatic hydroxyl groups excluding tert-OH is 1. The second-order valence-corrected chi connectivity index (χ2v) is 2.99. The van der Waals surface area contributed by atoms with Crippen LogP contribution in [0.2, 0.25) is 0 Å². The first-order chi connectivity index (χ1) is 4.74. The number of hydrogen-bond donors (Lipinski definition) is 1. The molecule has 10 heavy (non-hydrogen) atoms. The van der Waals surface area contributed by atoms with Crippen LogP contribution in [0.4, 0.5) is 0 Å². The number of carbonyl (C=O) groups is 1. The highest BCUT2D eigenvalue weighted by molar-refractivity contribution is 7.13. The van der Waals surface area contributed by atoms with Gasteiger partial charge in [0.1, 0.15) is 0 Å². The molecule has 4 heteroatoms. The van der Waals surface area contributed by atoms with E-state index in [0.717, 1.165) is 4.88 Å². The maximum atomic E-state index is 10.1. The molecule has 0 radical (unpaired) electrons. The van der Waals surface area contributed by atoms with Gasteiger partial charge in [0.2, 0.25) is 0 Å². The minimum absolute atomic E-state index is 0.413. The second-order valence-electron chi connectivity index (χ2n) is 1.89. The molecule has 1 N–H and O–H groups in total. The lowest BCUT2D eigenvalue weighted by molar-refractivity contribution is 0.112. The van der Waals surface area contributed by atoms with Crippen LogP contribution in [0.25, 0.3) is 0 Å². The number of carbonyl (C=O) groups excluding carboxylic acids is 1. The summed E-state index contributed by atoms with van der Waals surface area (Å²) in [4.78, 5) is 14.6. The third-order valence-electron chi connectivity index (χ3n) is 1.05. The Morgan fingerprint density at radius 3 is 2.90 bits per heavy atom. The zero-order chi connectivity index (χ0) is 7.56. The fourth-order valence-electron chi connectivity index (χ4n) is 0.548. The normalized spacial score (nSPS) is 13.0. The summed E-state index contributed by atoms with van der Waals surface area (Å²) in [5.41, 5.74) is 0. The van der Waals surface area contributed by atoms with Crippen molar-refractivity contribution in [1.29, 1.82) is 0 Å². The van der Waals surface area contributed by atoms with Crippen molar-refractivity contribution in [2.75, 3.05) is 0 Å². The molecule has 0 aliphatic heterocycles. The molecule has 0 aromatic carbocycles. The number of hydrogen-bond acceptors (Lipinski definition) is 4. The van der Waals surface area contributed by atoms with E-state index in [2.05, 4.69) is 4.98 Å². The monoisotopic (exact) mass is 157 g/mol. The zero-order valence-corrected chi connectivity index (χ0v) is 6.26. The average molecular weight is 157 g/mol. The van der Waals surface area contributed by atoms with E-state index >= 15 is 0 Å². The van der Waals surface area contributed by atoms with Gasteiger partial charge in [-0.1, -0.05) is 0 Å². The lowest BCUT2D eigenvalue weighted by Gasteiger charge is -1.94. The van der Waals surface area contributed by atoms with Gasteiger partial charge in [-0.25, -0.2) is 4.98 Å². The lowest BCUT2D eigenvalue weighted by Crippen LogP contribution is -1.83. The number of rotatable bonds is 2. The van der Waals surface area contributed by atoms with Crippen LogP contribution in [-0.2, 0) is 0 Å². The molecule has 54 valence electrons. The highest BCUT2D eigenvalue weighted by atomic mass is 32.1. The number of thiazole rings is 1. The third kappa shape index (κ3) is 1.40.